The zero-order valence-corrected chi connectivity index (χ0v) is 10.9. The first-order valence-electron chi connectivity index (χ1n) is 5.73. The van der Waals surface area contributed by atoms with Crippen LogP contribution in [0, 0.1) is 0 Å². The van der Waals surface area contributed by atoms with Crippen molar-refractivity contribution < 1.29 is 0 Å². The van der Waals surface area contributed by atoms with Gasteiger partial charge in [-0.25, -0.2) is 0 Å². The topological polar surface area (TPSA) is 47.8 Å². The highest BCUT2D eigenvalue weighted by Crippen LogP contribution is 2.26. The van der Waals surface area contributed by atoms with Crippen LogP contribution < -0.4 is 5.56 Å². The van der Waals surface area contributed by atoms with E-state index in [1.165, 1.54) is 0 Å². The molecule has 0 aliphatic carbocycles. The first-order valence-corrected chi connectivity index (χ1v) is 6.11. The van der Waals surface area contributed by atoms with Gasteiger partial charge in [-0.05, 0) is 23.3 Å². The summed E-state index contributed by atoms with van der Waals surface area (Å²) in [7, 11) is 1.72. The molecule has 0 atom stereocenters. The predicted octanol–water partition coefficient (Wildman–Crippen LogP) is 2.65. The second-order valence-electron chi connectivity index (χ2n) is 4.25. The van der Waals surface area contributed by atoms with Crippen LogP contribution in [0.3, 0.4) is 0 Å². The van der Waals surface area contributed by atoms with Gasteiger partial charge in [-0.3, -0.25) is 4.79 Å². The molecule has 2 aromatic heterocycles. The summed E-state index contributed by atoms with van der Waals surface area (Å²) in [4.78, 5) is 12.0. The first-order chi connectivity index (χ1) is 9.16. The number of fused-ring (bicyclic) bond motifs is 1. The minimum Gasteiger partial charge on any atom is -0.310 e. The maximum atomic E-state index is 12.0. The van der Waals surface area contributed by atoms with Crippen LogP contribution in [0.15, 0.2) is 47.5 Å². The summed E-state index contributed by atoms with van der Waals surface area (Å²) in [6.07, 6.45) is 3.26. The summed E-state index contributed by atoms with van der Waals surface area (Å²) in [5.74, 6) is 0. The van der Waals surface area contributed by atoms with Gasteiger partial charge in [0.2, 0.25) is 0 Å². The number of aryl methyl sites for hydroxylation is 1. The Kier molecular flexibility index (Phi) is 2.80. The highest BCUT2D eigenvalue weighted by molar-refractivity contribution is 6.30. The summed E-state index contributed by atoms with van der Waals surface area (Å²) in [5, 5.41) is 9.28. The molecule has 2 heterocycles. The van der Waals surface area contributed by atoms with E-state index in [-0.39, 0.29) is 5.56 Å². The van der Waals surface area contributed by atoms with Crippen LogP contribution >= 0.6 is 11.6 Å². The van der Waals surface area contributed by atoms with Crippen molar-refractivity contribution in [3.05, 3.63) is 58.1 Å². The molecule has 0 bridgehead atoms. The van der Waals surface area contributed by atoms with Gasteiger partial charge in [-0.1, -0.05) is 23.7 Å². The second-order valence-corrected chi connectivity index (χ2v) is 4.69. The van der Waals surface area contributed by atoms with Gasteiger partial charge in [-0.15, -0.1) is 0 Å². The van der Waals surface area contributed by atoms with Crippen molar-refractivity contribution in [1.82, 2.24) is 14.8 Å². The van der Waals surface area contributed by atoms with Gasteiger partial charge in [0, 0.05) is 23.5 Å². The Bertz CT molecular complexity index is 809. The Hall–Kier alpha value is -2.20. The van der Waals surface area contributed by atoms with Gasteiger partial charge in [-0.2, -0.15) is 10.2 Å². The fourth-order valence-corrected chi connectivity index (χ4v) is 2.20. The lowest BCUT2D eigenvalue weighted by atomic mass is 10.0. The molecule has 0 aliphatic rings. The molecule has 3 rings (SSSR count). The molecule has 1 aromatic carbocycles. The largest absolute Gasteiger partial charge is 0.310 e. The number of hydrogen-bond donors (Lipinski definition) is 0. The van der Waals surface area contributed by atoms with Gasteiger partial charge in [0.1, 0.15) is 0 Å². The molecule has 4 nitrogen and oxygen atoms in total. The summed E-state index contributed by atoms with van der Waals surface area (Å²) in [6, 6.07) is 8.98. The van der Waals surface area contributed by atoms with Crippen molar-refractivity contribution >= 4 is 22.5 Å². The highest BCUT2D eigenvalue weighted by atomic mass is 35.5. The zero-order valence-electron chi connectivity index (χ0n) is 10.2. The van der Waals surface area contributed by atoms with E-state index in [2.05, 4.69) is 10.2 Å². The van der Waals surface area contributed by atoms with Crippen molar-refractivity contribution in [3.8, 4) is 11.1 Å². The molecule has 0 radical (unpaired) electrons. The van der Waals surface area contributed by atoms with Crippen LogP contribution in [0.4, 0.5) is 0 Å². The molecule has 0 unspecified atom stereocenters. The number of benzene rings is 1. The van der Waals surface area contributed by atoms with Gasteiger partial charge >= 0.3 is 0 Å². The van der Waals surface area contributed by atoms with Crippen LogP contribution in [0.1, 0.15) is 0 Å². The summed E-state index contributed by atoms with van der Waals surface area (Å²) >= 11 is 5.89. The lowest BCUT2D eigenvalue weighted by Gasteiger charge is -2.09. The van der Waals surface area contributed by atoms with Crippen LogP contribution in [0.2, 0.25) is 5.02 Å². The Morgan fingerprint density at radius 3 is 2.53 bits per heavy atom. The van der Waals surface area contributed by atoms with Crippen LogP contribution in [-0.4, -0.2) is 14.8 Å². The van der Waals surface area contributed by atoms with E-state index in [0.29, 0.717) is 5.02 Å². The molecule has 0 saturated carbocycles. The lowest BCUT2D eigenvalue weighted by Crippen LogP contribution is -2.16. The van der Waals surface area contributed by atoms with Crippen LogP contribution in [-0.2, 0) is 7.05 Å². The molecule has 0 spiro atoms. The molecule has 0 fully saturated rings. The van der Waals surface area contributed by atoms with Crippen LogP contribution in [0.5, 0.6) is 0 Å². The van der Waals surface area contributed by atoms with E-state index in [1.54, 1.807) is 42.2 Å². The van der Waals surface area contributed by atoms with E-state index in [0.717, 1.165) is 22.0 Å². The number of hydrogen-bond acceptors (Lipinski definition) is 3. The minimum atomic E-state index is -0.0783. The monoisotopic (exact) mass is 271 g/mol. The third-order valence-electron chi connectivity index (χ3n) is 3.11. The quantitative estimate of drug-likeness (QED) is 0.684. The fourth-order valence-electron chi connectivity index (χ4n) is 2.07. The van der Waals surface area contributed by atoms with Gasteiger partial charge in [0.25, 0.3) is 5.56 Å². The Morgan fingerprint density at radius 1 is 1.11 bits per heavy atom. The molecule has 0 saturated heterocycles. The molecule has 94 valence electrons. The molecule has 5 heteroatoms. The van der Waals surface area contributed by atoms with E-state index < -0.39 is 0 Å². The normalized spacial score (nSPS) is 10.8. The number of aromatic nitrogens is 3. The van der Waals surface area contributed by atoms with Gasteiger partial charge in [0.05, 0.1) is 17.9 Å². The van der Waals surface area contributed by atoms with Crippen LogP contribution in [0.25, 0.3) is 22.0 Å². The summed E-state index contributed by atoms with van der Waals surface area (Å²) in [6.45, 7) is 0. The Morgan fingerprint density at radius 2 is 1.79 bits per heavy atom. The Balaban J connectivity index is 2.38. The van der Waals surface area contributed by atoms with Crippen molar-refractivity contribution in [2.75, 3.05) is 0 Å². The smallest absolute Gasteiger partial charge is 0.251 e. The molecular weight excluding hydrogens is 262 g/mol. The van der Waals surface area contributed by atoms with Gasteiger partial charge in [0.15, 0.2) is 0 Å². The highest BCUT2D eigenvalue weighted by Gasteiger charge is 2.08. The predicted molar refractivity (Wildman–Crippen MR) is 75.2 cm³/mol. The van der Waals surface area contributed by atoms with E-state index in [4.69, 9.17) is 11.6 Å². The maximum absolute atomic E-state index is 12.0. The summed E-state index contributed by atoms with van der Waals surface area (Å²) in [5.41, 5.74) is 2.45. The Labute approximate surface area is 114 Å². The molecule has 3 aromatic rings. The van der Waals surface area contributed by atoms with E-state index in [9.17, 15) is 4.79 Å². The number of rotatable bonds is 1. The number of halogens is 1. The average molecular weight is 272 g/mol. The lowest BCUT2D eigenvalue weighted by molar-refractivity contribution is 0.894. The standard InChI is InChI=1S/C14H10ClN3O/c1-18-13-8-17-16-7-12(13)11(6-14(18)19)9-2-4-10(15)5-3-9/h2-8H,1H3. The number of nitrogens with zero attached hydrogens (tertiary/aromatic N) is 3. The minimum absolute atomic E-state index is 0.0783. The third kappa shape index (κ3) is 2.00. The third-order valence-corrected chi connectivity index (χ3v) is 3.37. The molecule has 0 amide bonds. The molecule has 0 N–H and O–H groups in total. The van der Waals surface area contributed by atoms with Crippen molar-refractivity contribution in [2.24, 2.45) is 7.05 Å². The van der Waals surface area contributed by atoms with E-state index >= 15 is 0 Å². The van der Waals surface area contributed by atoms with Crippen molar-refractivity contribution in [2.45, 2.75) is 0 Å². The molecule has 0 aliphatic heterocycles. The number of pyridine rings is 1. The second kappa shape index (κ2) is 4.48. The van der Waals surface area contributed by atoms with E-state index in [1.807, 2.05) is 12.1 Å². The first kappa shape index (κ1) is 11.9. The average Bonchev–Trinajstić information content (AvgIpc) is 2.44. The van der Waals surface area contributed by atoms with Gasteiger partial charge < -0.3 is 4.57 Å². The van der Waals surface area contributed by atoms with Crippen molar-refractivity contribution in [3.63, 3.8) is 0 Å². The van der Waals surface area contributed by atoms with Crippen molar-refractivity contribution in [1.29, 1.82) is 0 Å². The molecular formula is C14H10ClN3O. The molecule has 19 heavy (non-hydrogen) atoms. The SMILES string of the molecule is Cn1c(=O)cc(-c2ccc(Cl)cc2)c2cnncc21. The maximum Gasteiger partial charge on any atom is 0.251 e. The zero-order chi connectivity index (χ0) is 13.4. The summed E-state index contributed by atoms with van der Waals surface area (Å²) < 4.78 is 1.56. The fraction of sp³-hybridized carbons (Fsp3) is 0.0714.